The van der Waals surface area contributed by atoms with Gasteiger partial charge < -0.3 is 9.47 Å². The van der Waals surface area contributed by atoms with Gasteiger partial charge in [-0.05, 0) is 0 Å². The Bertz CT molecular complexity index is 381. The molecule has 0 aromatic heterocycles. The maximum absolute atomic E-state index is 12.5. The molecule has 0 aromatic rings. The van der Waals surface area contributed by atoms with Gasteiger partial charge in [0.25, 0.3) is 0 Å². The highest BCUT2D eigenvalue weighted by Gasteiger charge is 2.75. The van der Waals surface area contributed by atoms with E-state index in [4.69, 9.17) is 0 Å². The molecule has 0 aliphatic carbocycles. The quantitative estimate of drug-likeness (QED) is 0.461. The molecule has 0 rings (SSSR count). The van der Waals surface area contributed by atoms with Crippen molar-refractivity contribution < 1.29 is 70.9 Å². The third-order valence-electron chi connectivity index (χ3n) is 2.09. The summed E-state index contributed by atoms with van der Waals surface area (Å²) in [6.45, 7) is -4.58. The molecule has 0 saturated carbocycles. The fraction of sp³-hybridized carbons (Fsp3) is 1.00. The molecule has 0 heterocycles. The number of ether oxygens (including phenoxy) is 2. The number of alkyl halides is 14. The summed E-state index contributed by atoms with van der Waals surface area (Å²) in [5, 5.41) is 0. The predicted octanol–water partition coefficient (Wildman–Crippen LogP) is 4.60. The summed E-state index contributed by atoms with van der Waals surface area (Å²) in [6.07, 6.45) is -26.3. The summed E-state index contributed by atoms with van der Waals surface area (Å²) in [4.78, 5) is 0. The number of hydrogen-bond acceptors (Lipinski definition) is 2. The Morgan fingerprint density at radius 2 is 0.625 bits per heavy atom. The molecule has 0 amide bonds. The van der Waals surface area contributed by atoms with E-state index in [2.05, 4.69) is 9.47 Å². The van der Waals surface area contributed by atoms with E-state index in [0.717, 1.165) is 0 Å². The number of hydrogen-bond donors (Lipinski definition) is 0. The van der Waals surface area contributed by atoms with Crippen molar-refractivity contribution in [2.24, 2.45) is 0 Å². The lowest BCUT2D eigenvalue weighted by Crippen LogP contribution is -2.55. The van der Waals surface area contributed by atoms with Gasteiger partial charge in [-0.1, -0.05) is 0 Å². The van der Waals surface area contributed by atoms with Crippen LogP contribution in [0.3, 0.4) is 0 Å². The largest absolute Gasteiger partial charge is 0.462 e. The Balaban J connectivity index is 4.81. The van der Waals surface area contributed by atoms with Crippen LogP contribution in [0.4, 0.5) is 61.5 Å². The fourth-order valence-corrected chi connectivity index (χ4v) is 0.851. The van der Waals surface area contributed by atoms with Crippen LogP contribution in [0.2, 0.25) is 0 Å². The maximum Gasteiger partial charge on any atom is 0.462 e. The van der Waals surface area contributed by atoms with Gasteiger partial charge in [-0.3, -0.25) is 0 Å². The standard InChI is InChI=1S/C8H4F14O2/c9-3(10,5(13,14)15)7(19,20)23-1-2-24-8(21,22)4(11,12)6(16,17)18/h1-2H2. The van der Waals surface area contributed by atoms with Crippen molar-refractivity contribution in [3.05, 3.63) is 0 Å². The summed E-state index contributed by atoms with van der Waals surface area (Å²) >= 11 is 0. The van der Waals surface area contributed by atoms with E-state index in [9.17, 15) is 61.5 Å². The third-order valence-corrected chi connectivity index (χ3v) is 2.09. The molecule has 0 aliphatic heterocycles. The summed E-state index contributed by atoms with van der Waals surface area (Å²) in [5.74, 6) is -13.6. The van der Waals surface area contributed by atoms with E-state index in [0.29, 0.717) is 0 Å². The maximum atomic E-state index is 12.5. The first-order valence-electron chi connectivity index (χ1n) is 5.13. The molecule has 0 radical (unpaired) electrons. The minimum Gasteiger partial charge on any atom is -0.313 e. The van der Waals surface area contributed by atoms with Crippen molar-refractivity contribution in [3.63, 3.8) is 0 Å². The molecular formula is C8H4F14O2. The van der Waals surface area contributed by atoms with Gasteiger partial charge in [-0.25, -0.2) is 0 Å². The summed E-state index contributed by atoms with van der Waals surface area (Å²) < 4.78 is 174. The van der Waals surface area contributed by atoms with Crippen LogP contribution in [0.15, 0.2) is 0 Å². The minimum atomic E-state index is -6.83. The van der Waals surface area contributed by atoms with Gasteiger partial charge in [0.15, 0.2) is 0 Å². The van der Waals surface area contributed by atoms with Gasteiger partial charge in [0.1, 0.15) is 0 Å². The first-order chi connectivity index (χ1) is 10.2. The Kier molecular flexibility index (Phi) is 6.06. The fourth-order valence-electron chi connectivity index (χ4n) is 0.851. The zero-order valence-corrected chi connectivity index (χ0v) is 10.5. The smallest absolute Gasteiger partial charge is 0.313 e. The molecule has 16 heteroatoms. The van der Waals surface area contributed by atoms with Crippen molar-refractivity contribution in [1.29, 1.82) is 0 Å². The van der Waals surface area contributed by atoms with E-state index in [-0.39, 0.29) is 0 Å². The van der Waals surface area contributed by atoms with Crippen LogP contribution in [0.1, 0.15) is 0 Å². The van der Waals surface area contributed by atoms with Gasteiger partial charge in [-0.15, -0.1) is 0 Å². The lowest BCUT2D eigenvalue weighted by Gasteiger charge is -2.29. The van der Waals surface area contributed by atoms with Crippen LogP contribution in [0.25, 0.3) is 0 Å². The average molecular weight is 398 g/mol. The van der Waals surface area contributed by atoms with Crippen LogP contribution >= 0.6 is 0 Å². The highest BCUT2D eigenvalue weighted by molar-refractivity contribution is 4.86. The Morgan fingerprint density at radius 1 is 0.417 bits per heavy atom. The molecule has 24 heavy (non-hydrogen) atoms. The number of rotatable bonds is 7. The van der Waals surface area contributed by atoms with Crippen molar-refractivity contribution in [3.8, 4) is 0 Å². The Morgan fingerprint density at radius 3 is 0.792 bits per heavy atom. The molecule has 146 valence electrons. The summed E-state index contributed by atoms with van der Waals surface area (Å²) in [7, 11) is 0. The normalized spacial score (nSPS) is 15.8. The van der Waals surface area contributed by atoms with E-state index in [1.54, 1.807) is 0 Å². The second-order valence-corrected chi connectivity index (χ2v) is 3.87. The molecule has 0 fully saturated rings. The molecule has 0 spiro atoms. The SMILES string of the molecule is FC(F)(F)C(F)(F)C(F)(F)OCCOC(F)(F)C(F)(F)C(F)(F)F. The second-order valence-electron chi connectivity index (χ2n) is 3.87. The Labute approximate surface area is 122 Å². The van der Waals surface area contributed by atoms with Crippen LogP contribution in [-0.4, -0.2) is 49.6 Å². The second kappa shape index (κ2) is 6.34. The van der Waals surface area contributed by atoms with Crippen molar-refractivity contribution >= 4 is 0 Å². The zero-order chi connectivity index (χ0) is 19.8. The summed E-state index contributed by atoms with van der Waals surface area (Å²) in [6, 6.07) is 0. The molecule has 2 nitrogen and oxygen atoms in total. The van der Waals surface area contributed by atoms with Gasteiger partial charge in [0.05, 0.1) is 13.2 Å². The van der Waals surface area contributed by atoms with E-state index < -0.39 is 49.6 Å². The zero-order valence-electron chi connectivity index (χ0n) is 10.5. The highest BCUT2D eigenvalue weighted by Crippen LogP contribution is 2.48. The average Bonchev–Trinajstić information content (AvgIpc) is 2.31. The molecule has 0 N–H and O–H groups in total. The van der Waals surface area contributed by atoms with Crippen LogP contribution in [0.5, 0.6) is 0 Å². The van der Waals surface area contributed by atoms with Crippen molar-refractivity contribution in [2.75, 3.05) is 13.2 Å². The molecule has 0 bridgehead atoms. The van der Waals surface area contributed by atoms with Crippen molar-refractivity contribution in [1.82, 2.24) is 0 Å². The van der Waals surface area contributed by atoms with Gasteiger partial charge >= 0.3 is 36.4 Å². The predicted molar refractivity (Wildman–Crippen MR) is 43.8 cm³/mol. The molecular weight excluding hydrogens is 394 g/mol. The molecule has 0 saturated heterocycles. The lowest BCUT2D eigenvalue weighted by molar-refractivity contribution is -0.437. The van der Waals surface area contributed by atoms with E-state index in [1.165, 1.54) is 0 Å². The highest BCUT2D eigenvalue weighted by atomic mass is 19.4. The van der Waals surface area contributed by atoms with E-state index >= 15 is 0 Å². The number of halogens is 14. The minimum absolute atomic E-state index is 2.29. The van der Waals surface area contributed by atoms with Gasteiger partial charge in [0, 0.05) is 0 Å². The van der Waals surface area contributed by atoms with Crippen LogP contribution in [0, 0.1) is 0 Å². The first-order valence-corrected chi connectivity index (χ1v) is 5.13. The van der Waals surface area contributed by atoms with Gasteiger partial charge in [-0.2, -0.15) is 61.5 Å². The molecule has 0 atom stereocenters. The third kappa shape index (κ3) is 4.31. The van der Waals surface area contributed by atoms with Crippen LogP contribution < -0.4 is 0 Å². The first kappa shape index (κ1) is 22.9. The molecule has 0 aliphatic rings. The van der Waals surface area contributed by atoms with Crippen LogP contribution in [-0.2, 0) is 9.47 Å². The topological polar surface area (TPSA) is 18.5 Å². The van der Waals surface area contributed by atoms with Crippen molar-refractivity contribution in [2.45, 2.75) is 36.4 Å². The van der Waals surface area contributed by atoms with E-state index in [1.807, 2.05) is 0 Å². The van der Waals surface area contributed by atoms with Gasteiger partial charge in [0.2, 0.25) is 0 Å². The molecule has 0 unspecified atom stereocenters. The molecule has 0 aromatic carbocycles. The monoisotopic (exact) mass is 398 g/mol. The lowest BCUT2D eigenvalue weighted by atomic mass is 10.3. The summed E-state index contributed by atoms with van der Waals surface area (Å²) in [5.41, 5.74) is 0. The Hall–Kier alpha value is -1.06.